The molecule has 0 aliphatic carbocycles. The smallest absolute Gasteiger partial charge is 0.255 e. The fourth-order valence-corrected chi connectivity index (χ4v) is 5.49. The Hall–Kier alpha value is -3.15. The van der Waals surface area contributed by atoms with Crippen LogP contribution >= 0.6 is 0 Å². The van der Waals surface area contributed by atoms with Gasteiger partial charge in [0, 0.05) is 24.2 Å². The molecule has 0 atom stereocenters. The average Bonchev–Trinajstić information content (AvgIpc) is 2.81. The van der Waals surface area contributed by atoms with Gasteiger partial charge in [0.1, 0.15) is 16.7 Å². The summed E-state index contributed by atoms with van der Waals surface area (Å²) in [6, 6.07) is 11.2. The van der Waals surface area contributed by atoms with E-state index in [4.69, 9.17) is 4.74 Å². The number of allylic oxidation sites excluding steroid dienone is 1. The van der Waals surface area contributed by atoms with Gasteiger partial charge in [-0.2, -0.15) is 5.26 Å². The van der Waals surface area contributed by atoms with Crippen molar-refractivity contribution in [1.82, 2.24) is 4.90 Å². The van der Waals surface area contributed by atoms with Crippen molar-refractivity contribution in [3.05, 3.63) is 63.6 Å². The van der Waals surface area contributed by atoms with Crippen LogP contribution in [-0.2, 0) is 25.4 Å². The molecular weight excluding hydrogens is 476 g/mol. The SMILES string of the molecule is CC(C)(C)c1cc(/C=C(\C#N)S(=O)(=O)c2ccccc2C(=O)N2CCOCC2)cc(C(C)(C)C)c1O. The summed E-state index contributed by atoms with van der Waals surface area (Å²) in [6.45, 7) is 13.2. The van der Waals surface area contributed by atoms with Gasteiger partial charge in [-0.3, -0.25) is 4.79 Å². The van der Waals surface area contributed by atoms with Gasteiger partial charge in [0.15, 0.2) is 0 Å². The number of phenols is 1. The van der Waals surface area contributed by atoms with Crippen LogP contribution in [0.5, 0.6) is 5.75 Å². The largest absolute Gasteiger partial charge is 0.507 e. The molecule has 0 aromatic heterocycles. The molecule has 1 fully saturated rings. The molecule has 1 heterocycles. The topological polar surface area (TPSA) is 108 Å². The first kappa shape index (κ1) is 27.4. The van der Waals surface area contributed by atoms with Crippen LogP contribution in [-0.4, -0.2) is 50.6 Å². The number of carbonyl (C=O) groups is 1. The first-order valence-electron chi connectivity index (χ1n) is 11.9. The molecule has 0 unspecified atom stereocenters. The molecule has 36 heavy (non-hydrogen) atoms. The quantitative estimate of drug-likeness (QED) is 0.592. The number of hydrogen-bond donors (Lipinski definition) is 1. The van der Waals surface area contributed by atoms with E-state index in [-0.39, 0.29) is 16.2 Å². The Morgan fingerprint density at radius 1 is 1.03 bits per heavy atom. The van der Waals surface area contributed by atoms with E-state index in [0.717, 1.165) is 0 Å². The molecule has 2 aromatic carbocycles. The average molecular weight is 511 g/mol. The summed E-state index contributed by atoms with van der Waals surface area (Å²) >= 11 is 0. The highest BCUT2D eigenvalue weighted by Crippen LogP contribution is 2.40. The Labute approximate surface area is 213 Å². The van der Waals surface area contributed by atoms with Crippen LogP contribution in [0.25, 0.3) is 6.08 Å². The lowest BCUT2D eigenvalue weighted by Crippen LogP contribution is -2.41. The Kier molecular flexibility index (Phi) is 7.68. The highest BCUT2D eigenvalue weighted by Gasteiger charge is 2.30. The van der Waals surface area contributed by atoms with Crippen LogP contribution in [0.2, 0.25) is 0 Å². The van der Waals surface area contributed by atoms with Gasteiger partial charge in [0.25, 0.3) is 5.91 Å². The standard InChI is InChI=1S/C28H34N2O5S/c1-27(2,3)22-16-19(17-23(25(22)31)28(4,5)6)15-20(18-29)36(33,34)24-10-8-7-9-21(24)26(32)30-11-13-35-14-12-30/h7-10,15-17,31H,11-14H2,1-6H3/b20-15+. The van der Waals surface area contributed by atoms with E-state index in [2.05, 4.69) is 0 Å². The van der Waals surface area contributed by atoms with Crippen molar-refractivity contribution < 1.29 is 23.1 Å². The number of hydrogen-bond acceptors (Lipinski definition) is 6. The number of benzene rings is 2. The molecule has 0 spiro atoms. The van der Waals surface area contributed by atoms with Crippen molar-refractivity contribution in [3.63, 3.8) is 0 Å². The molecule has 192 valence electrons. The number of sulfone groups is 1. The van der Waals surface area contributed by atoms with Crippen molar-refractivity contribution in [2.45, 2.75) is 57.3 Å². The molecule has 1 aliphatic heterocycles. The third-order valence-electron chi connectivity index (χ3n) is 6.15. The summed E-state index contributed by atoms with van der Waals surface area (Å²) in [5.74, 6) is -0.251. The highest BCUT2D eigenvalue weighted by atomic mass is 32.2. The second-order valence-electron chi connectivity index (χ2n) is 11.0. The normalized spacial score (nSPS) is 15.5. The van der Waals surface area contributed by atoms with Gasteiger partial charge in [0.2, 0.25) is 9.84 Å². The molecular formula is C28H34N2O5S. The van der Waals surface area contributed by atoms with E-state index >= 15 is 0 Å². The third kappa shape index (κ3) is 5.63. The minimum absolute atomic E-state index is 0.0250. The van der Waals surface area contributed by atoms with Gasteiger partial charge in [-0.25, -0.2) is 8.42 Å². The molecule has 3 rings (SSSR count). The Morgan fingerprint density at radius 3 is 2.06 bits per heavy atom. The number of nitrogens with zero attached hydrogens (tertiary/aromatic N) is 2. The van der Waals surface area contributed by atoms with E-state index in [1.165, 1.54) is 24.3 Å². The zero-order valence-electron chi connectivity index (χ0n) is 21.8. The van der Waals surface area contributed by atoms with Crippen LogP contribution in [0.3, 0.4) is 0 Å². The lowest BCUT2D eigenvalue weighted by molar-refractivity contribution is 0.0300. The van der Waals surface area contributed by atoms with Crippen molar-refractivity contribution >= 4 is 21.8 Å². The van der Waals surface area contributed by atoms with Crippen LogP contribution in [0.15, 0.2) is 46.2 Å². The Bertz CT molecular complexity index is 1300. The maximum atomic E-state index is 13.7. The summed E-state index contributed by atoms with van der Waals surface area (Å²) in [7, 11) is -4.31. The second kappa shape index (κ2) is 10.1. The van der Waals surface area contributed by atoms with Gasteiger partial charge >= 0.3 is 0 Å². The Morgan fingerprint density at radius 2 is 1.56 bits per heavy atom. The number of aromatic hydroxyl groups is 1. The minimum Gasteiger partial charge on any atom is -0.507 e. The van der Waals surface area contributed by atoms with E-state index in [1.807, 2.05) is 47.6 Å². The lowest BCUT2D eigenvalue weighted by Gasteiger charge is -2.28. The Balaban J connectivity index is 2.16. The number of nitriles is 1. The molecule has 0 saturated carbocycles. The van der Waals surface area contributed by atoms with Crippen LogP contribution < -0.4 is 0 Å². The number of carbonyl (C=O) groups excluding carboxylic acids is 1. The zero-order chi connectivity index (χ0) is 26.9. The number of phenolic OH excluding ortho intramolecular Hbond substituents is 1. The van der Waals surface area contributed by atoms with Crippen molar-refractivity contribution in [2.75, 3.05) is 26.3 Å². The summed E-state index contributed by atoms with van der Waals surface area (Å²) in [4.78, 5) is 14.0. The minimum atomic E-state index is -4.31. The lowest BCUT2D eigenvalue weighted by atomic mass is 9.78. The van der Waals surface area contributed by atoms with Gasteiger partial charge in [0.05, 0.1) is 23.7 Å². The molecule has 1 amide bonds. The predicted octanol–water partition coefficient (Wildman–Crippen LogP) is 4.80. The molecule has 0 radical (unpaired) electrons. The summed E-state index contributed by atoms with van der Waals surface area (Å²) < 4.78 is 32.6. The highest BCUT2D eigenvalue weighted by molar-refractivity contribution is 7.95. The summed E-state index contributed by atoms with van der Waals surface area (Å²) in [5.41, 5.74) is 0.974. The van der Waals surface area contributed by atoms with Crippen LogP contribution in [0, 0.1) is 11.3 Å². The van der Waals surface area contributed by atoms with Crippen LogP contribution in [0.4, 0.5) is 0 Å². The maximum Gasteiger partial charge on any atom is 0.255 e. The van der Waals surface area contributed by atoms with Gasteiger partial charge in [-0.1, -0.05) is 53.7 Å². The molecule has 1 saturated heterocycles. The van der Waals surface area contributed by atoms with E-state index in [1.54, 1.807) is 23.1 Å². The van der Waals surface area contributed by atoms with Crippen LogP contribution in [0.1, 0.15) is 68.6 Å². The van der Waals surface area contributed by atoms with Crippen molar-refractivity contribution in [3.8, 4) is 11.8 Å². The summed E-state index contributed by atoms with van der Waals surface area (Å²) in [5, 5.41) is 20.9. The second-order valence-corrected chi connectivity index (χ2v) is 12.9. The van der Waals surface area contributed by atoms with Crippen molar-refractivity contribution in [1.29, 1.82) is 5.26 Å². The van der Waals surface area contributed by atoms with E-state index in [9.17, 15) is 23.6 Å². The molecule has 0 bridgehead atoms. The molecule has 7 nitrogen and oxygen atoms in total. The first-order chi connectivity index (χ1) is 16.7. The molecule has 2 aromatic rings. The number of amides is 1. The third-order valence-corrected chi connectivity index (χ3v) is 7.87. The first-order valence-corrected chi connectivity index (χ1v) is 13.4. The summed E-state index contributed by atoms with van der Waals surface area (Å²) in [6.07, 6.45) is 1.31. The fraction of sp³-hybridized carbons (Fsp3) is 0.429. The predicted molar refractivity (Wildman–Crippen MR) is 139 cm³/mol. The monoisotopic (exact) mass is 510 g/mol. The van der Waals surface area contributed by atoms with Crippen molar-refractivity contribution in [2.24, 2.45) is 0 Å². The van der Waals surface area contributed by atoms with Gasteiger partial charge in [-0.15, -0.1) is 0 Å². The molecule has 1 aliphatic rings. The van der Waals surface area contributed by atoms with E-state index < -0.39 is 31.5 Å². The number of ether oxygens (including phenoxy) is 1. The molecule has 1 N–H and O–H groups in total. The van der Waals surface area contributed by atoms with Gasteiger partial charge < -0.3 is 14.7 Å². The van der Waals surface area contributed by atoms with E-state index in [0.29, 0.717) is 43.0 Å². The maximum absolute atomic E-state index is 13.7. The number of morpholine rings is 1. The zero-order valence-corrected chi connectivity index (χ0v) is 22.6. The van der Waals surface area contributed by atoms with Gasteiger partial charge in [-0.05, 0) is 46.7 Å². The number of rotatable bonds is 4. The fourth-order valence-electron chi connectivity index (χ4n) is 4.14. The molecule has 8 heteroatoms.